The van der Waals surface area contributed by atoms with Gasteiger partial charge in [-0.15, -0.1) is 0 Å². The summed E-state index contributed by atoms with van der Waals surface area (Å²) in [4.78, 5) is 30.6. The minimum Gasteiger partial charge on any atom is -0.481 e. The molecular formula is C14H19N3O4. The summed E-state index contributed by atoms with van der Waals surface area (Å²) >= 11 is 0. The first-order chi connectivity index (χ1) is 10.1. The molecular weight excluding hydrogens is 274 g/mol. The van der Waals surface area contributed by atoms with Gasteiger partial charge >= 0.3 is 12.0 Å². The highest BCUT2D eigenvalue weighted by molar-refractivity contribution is 5.76. The van der Waals surface area contributed by atoms with E-state index >= 15 is 0 Å². The van der Waals surface area contributed by atoms with Crippen LogP contribution < -0.4 is 0 Å². The first-order valence-electron chi connectivity index (χ1n) is 6.79. The molecule has 1 fully saturated rings. The Morgan fingerprint density at radius 2 is 2.33 bits per heavy atom. The van der Waals surface area contributed by atoms with Crippen molar-refractivity contribution in [3.8, 4) is 0 Å². The predicted molar refractivity (Wildman–Crippen MR) is 74.7 cm³/mol. The van der Waals surface area contributed by atoms with E-state index in [2.05, 4.69) is 4.98 Å². The van der Waals surface area contributed by atoms with E-state index in [1.165, 1.54) is 0 Å². The smallest absolute Gasteiger partial charge is 0.320 e. The maximum absolute atomic E-state index is 12.5. The van der Waals surface area contributed by atoms with Crippen molar-refractivity contribution in [2.75, 3.05) is 26.8 Å². The number of hydrogen-bond donors (Lipinski definition) is 1. The van der Waals surface area contributed by atoms with Gasteiger partial charge in [-0.2, -0.15) is 0 Å². The van der Waals surface area contributed by atoms with Crippen LogP contribution in [-0.2, 0) is 16.1 Å². The number of carboxylic acids is 1. The van der Waals surface area contributed by atoms with Crippen molar-refractivity contribution in [1.82, 2.24) is 14.8 Å². The number of pyridine rings is 1. The van der Waals surface area contributed by atoms with Crippen molar-refractivity contribution >= 4 is 12.0 Å². The van der Waals surface area contributed by atoms with E-state index in [0.29, 0.717) is 19.7 Å². The second kappa shape index (κ2) is 7.03. The van der Waals surface area contributed by atoms with Gasteiger partial charge in [0.25, 0.3) is 0 Å². The van der Waals surface area contributed by atoms with Crippen LogP contribution in [0.1, 0.15) is 12.1 Å². The van der Waals surface area contributed by atoms with E-state index in [1.807, 2.05) is 18.2 Å². The van der Waals surface area contributed by atoms with Gasteiger partial charge in [-0.05, 0) is 12.1 Å². The molecule has 114 valence electrons. The number of aromatic nitrogens is 1. The lowest BCUT2D eigenvalue weighted by molar-refractivity contribution is -0.139. The summed E-state index contributed by atoms with van der Waals surface area (Å²) in [5, 5.41) is 8.92. The Balaban J connectivity index is 2.00. The highest BCUT2D eigenvalue weighted by Crippen LogP contribution is 2.14. The van der Waals surface area contributed by atoms with Gasteiger partial charge in [-0.3, -0.25) is 9.78 Å². The number of morpholine rings is 1. The average molecular weight is 293 g/mol. The van der Waals surface area contributed by atoms with Crippen LogP contribution in [0.15, 0.2) is 24.4 Å². The Bertz CT molecular complexity index is 494. The van der Waals surface area contributed by atoms with Crippen LogP contribution in [0.2, 0.25) is 0 Å². The quantitative estimate of drug-likeness (QED) is 0.888. The third-order valence-electron chi connectivity index (χ3n) is 3.34. The van der Waals surface area contributed by atoms with Gasteiger partial charge in [0.2, 0.25) is 0 Å². The fourth-order valence-corrected chi connectivity index (χ4v) is 2.30. The van der Waals surface area contributed by atoms with Gasteiger partial charge in [0, 0.05) is 19.8 Å². The summed E-state index contributed by atoms with van der Waals surface area (Å²) in [7, 11) is 1.68. The summed E-state index contributed by atoms with van der Waals surface area (Å²) in [6.07, 6.45) is 1.57. The van der Waals surface area contributed by atoms with E-state index < -0.39 is 12.0 Å². The zero-order valence-corrected chi connectivity index (χ0v) is 11.9. The van der Waals surface area contributed by atoms with Gasteiger partial charge in [-0.1, -0.05) is 6.07 Å². The van der Waals surface area contributed by atoms with Crippen LogP contribution in [0, 0.1) is 0 Å². The molecule has 2 amide bonds. The largest absolute Gasteiger partial charge is 0.481 e. The molecule has 0 saturated carbocycles. The van der Waals surface area contributed by atoms with E-state index in [9.17, 15) is 9.59 Å². The zero-order valence-electron chi connectivity index (χ0n) is 11.9. The summed E-state index contributed by atoms with van der Waals surface area (Å²) < 4.78 is 5.27. The van der Waals surface area contributed by atoms with Gasteiger partial charge < -0.3 is 19.6 Å². The zero-order chi connectivity index (χ0) is 15.2. The number of nitrogens with zero attached hydrogens (tertiary/aromatic N) is 3. The summed E-state index contributed by atoms with van der Waals surface area (Å²) in [6.45, 7) is 1.48. The van der Waals surface area contributed by atoms with E-state index in [-0.39, 0.29) is 19.1 Å². The van der Waals surface area contributed by atoms with E-state index in [4.69, 9.17) is 9.84 Å². The van der Waals surface area contributed by atoms with E-state index in [1.54, 1.807) is 23.0 Å². The molecule has 1 unspecified atom stereocenters. The molecule has 2 rings (SSSR count). The fourth-order valence-electron chi connectivity index (χ4n) is 2.30. The second-order valence-corrected chi connectivity index (χ2v) is 4.98. The summed E-state index contributed by atoms with van der Waals surface area (Å²) in [5.41, 5.74) is 0.788. The van der Waals surface area contributed by atoms with E-state index in [0.717, 1.165) is 5.69 Å². The summed E-state index contributed by atoms with van der Waals surface area (Å²) in [5.74, 6) is -0.935. The summed E-state index contributed by atoms with van der Waals surface area (Å²) in [6, 6.07) is 4.90. The molecule has 1 aliphatic rings. The molecule has 2 heterocycles. The number of carbonyl (C=O) groups excluding carboxylic acids is 1. The maximum Gasteiger partial charge on any atom is 0.320 e. The molecule has 1 aromatic rings. The van der Waals surface area contributed by atoms with Crippen LogP contribution >= 0.6 is 0 Å². The number of ether oxygens (including phenoxy) is 1. The number of urea groups is 1. The van der Waals surface area contributed by atoms with Crippen LogP contribution in [0.25, 0.3) is 0 Å². The molecule has 21 heavy (non-hydrogen) atoms. The average Bonchev–Trinajstić information content (AvgIpc) is 2.47. The van der Waals surface area contributed by atoms with Gasteiger partial charge in [-0.25, -0.2) is 4.79 Å². The number of rotatable bonds is 4. The number of carboxylic acid groups (broad SMARTS) is 1. The van der Waals surface area contributed by atoms with Crippen molar-refractivity contribution in [1.29, 1.82) is 0 Å². The second-order valence-electron chi connectivity index (χ2n) is 4.98. The SMILES string of the molecule is CN(Cc1ccccn1)C(=O)N1CCOCC1CC(=O)O. The highest BCUT2D eigenvalue weighted by Gasteiger charge is 2.30. The molecule has 7 heteroatoms. The third kappa shape index (κ3) is 4.16. The maximum atomic E-state index is 12.5. The van der Waals surface area contributed by atoms with Crippen LogP contribution in [-0.4, -0.2) is 64.7 Å². The van der Waals surface area contributed by atoms with Gasteiger partial charge in [0.1, 0.15) is 0 Å². The van der Waals surface area contributed by atoms with Crippen molar-refractivity contribution in [2.24, 2.45) is 0 Å². The van der Waals surface area contributed by atoms with Crippen molar-refractivity contribution in [3.05, 3.63) is 30.1 Å². The molecule has 0 radical (unpaired) electrons. The molecule has 1 aliphatic heterocycles. The lowest BCUT2D eigenvalue weighted by Crippen LogP contribution is -2.53. The van der Waals surface area contributed by atoms with Crippen molar-refractivity contribution in [3.63, 3.8) is 0 Å². The topological polar surface area (TPSA) is 83.0 Å². The molecule has 0 bridgehead atoms. The first-order valence-corrected chi connectivity index (χ1v) is 6.79. The Morgan fingerprint density at radius 1 is 1.52 bits per heavy atom. The van der Waals surface area contributed by atoms with Crippen molar-refractivity contribution in [2.45, 2.75) is 19.0 Å². The minimum absolute atomic E-state index is 0.108. The minimum atomic E-state index is -0.935. The molecule has 0 aromatic carbocycles. The third-order valence-corrected chi connectivity index (χ3v) is 3.34. The lowest BCUT2D eigenvalue weighted by Gasteiger charge is -2.37. The molecule has 7 nitrogen and oxygen atoms in total. The highest BCUT2D eigenvalue weighted by atomic mass is 16.5. The fraction of sp³-hybridized carbons (Fsp3) is 0.500. The standard InChI is InChI=1S/C14H19N3O4/c1-16(9-11-4-2-3-5-15-11)14(20)17-6-7-21-10-12(17)8-13(18)19/h2-5,12H,6-10H2,1H3,(H,18,19). The number of amides is 2. The number of hydrogen-bond acceptors (Lipinski definition) is 4. The monoisotopic (exact) mass is 293 g/mol. The Labute approximate surface area is 123 Å². The normalized spacial score (nSPS) is 18.3. The van der Waals surface area contributed by atoms with Gasteiger partial charge in [0.05, 0.1) is 37.9 Å². The molecule has 1 N–H and O–H groups in total. The Hall–Kier alpha value is -2.15. The number of aliphatic carboxylic acids is 1. The molecule has 0 aliphatic carbocycles. The Morgan fingerprint density at radius 3 is 3.00 bits per heavy atom. The molecule has 1 atom stereocenters. The molecule has 0 spiro atoms. The Kier molecular flexibility index (Phi) is 5.10. The van der Waals surface area contributed by atoms with Gasteiger partial charge in [0.15, 0.2) is 0 Å². The molecule has 1 saturated heterocycles. The number of carbonyl (C=O) groups is 2. The molecule has 1 aromatic heterocycles. The predicted octanol–water partition coefficient (Wildman–Crippen LogP) is 0.809. The van der Waals surface area contributed by atoms with Crippen LogP contribution in [0.5, 0.6) is 0 Å². The van der Waals surface area contributed by atoms with Crippen molar-refractivity contribution < 1.29 is 19.4 Å². The van der Waals surface area contributed by atoms with Crippen LogP contribution in [0.3, 0.4) is 0 Å². The van der Waals surface area contributed by atoms with Crippen LogP contribution in [0.4, 0.5) is 4.79 Å². The first kappa shape index (κ1) is 15.2. The lowest BCUT2D eigenvalue weighted by atomic mass is 10.1.